The molecule has 1 saturated carbocycles. The van der Waals surface area contributed by atoms with Gasteiger partial charge in [-0.25, -0.2) is 4.98 Å². The van der Waals surface area contributed by atoms with Crippen LogP contribution in [0.1, 0.15) is 61.7 Å². The summed E-state index contributed by atoms with van der Waals surface area (Å²) < 4.78 is 46.5. The second kappa shape index (κ2) is 12.2. The monoisotopic (exact) mass is 592 g/mol. The van der Waals surface area contributed by atoms with E-state index in [-0.39, 0.29) is 35.5 Å². The SMILES string of the molecule is CC1CCCN(c2nc(C(F)(F)F)c(C(=O)Nc3ccc(N4CCN(C(=O)[C@H]5CC[C@@H](C(=O)O)CC5)CC4)cn3)o2)C1. The fraction of sp³-hybridized carbons (Fsp3) is 0.607. The summed E-state index contributed by atoms with van der Waals surface area (Å²) in [4.78, 5) is 50.3. The van der Waals surface area contributed by atoms with Crippen LogP contribution >= 0.6 is 0 Å². The largest absolute Gasteiger partial charge is 0.481 e. The highest BCUT2D eigenvalue weighted by atomic mass is 19.4. The third kappa shape index (κ3) is 6.62. The Morgan fingerprint density at radius 3 is 2.26 bits per heavy atom. The highest BCUT2D eigenvalue weighted by Crippen LogP contribution is 2.35. The number of aromatic nitrogens is 2. The summed E-state index contributed by atoms with van der Waals surface area (Å²) in [6.45, 7) is 5.16. The molecule has 3 aliphatic rings. The first-order valence-corrected chi connectivity index (χ1v) is 14.4. The minimum absolute atomic E-state index is 0.0622. The number of pyridine rings is 1. The van der Waals surface area contributed by atoms with E-state index in [1.165, 1.54) is 12.3 Å². The van der Waals surface area contributed by atoms with E-state index in [4.69, 9.17) is 4.42 Å². The molecule has 3 fully saturated rings. The van der Waals surface area contributed by atoms with E-state index >= 15 is 0 Å². The summed E-state index contributed by atoms with van der Waals surface area (Å²) in [5.74, 6) is -2.89. The third-order valence-corrected chi connectivity index (χ3v) is 8.39. The lowest BCUT2D eigenvalue weighted by atomic mass is 9.81. The zero-order valence-corrected chi connectivity index (χ0v) is 23.4. The maximum atomic E-state index is 13.7. The molecule has 1 unspecified atom stereocenters. The van der Waals surface area contributed by atoms with Crippen molar-refractivity contribution in [1.29, 1.82) is 0 Å². The Labute approximate surface area is 241 Å². The smallest absolute Gasteiger partial charge is 0.437 e. The molecule has 2 N–H and O–H groups in total. The molecule has 2 aliphatic heterocycles. The van der Waals surface area contributed by atoms with E-state index in [2.05, 4.69) is 15.3 Å². The first-order valence-electron chi connectivity index (χ1n) is 14.4. The highest BCUT2D eigenvalue weighted by Gasteiger charge is 2.42. The van der Waals surface area contributed by atoms with Gasteiger partial charge in [-0.2, -0.15) is 18.2 Å². The Morgan fingerprint density at radius 2 is 1.67 bits per heavy atom. The highest BCUT2D eigenvalue weighted by molar-refractivity contribution is 6.02. The van der Waals surface area contributed by atoms with Gasteiger partial charge in [0.2, 0.25) is 11.7 Å². The number of carboxylic acids is 1. The maximum absolute atomic E-state index is 13.7. The number of hydrogen-bond acceptors (Lipinski definition) is 8. The number of oxazole rings is 1. The lowest BCUT2D eigenvalue weighted by Gasteiger charge is -2.38. The number of carboxylic acid groups (broad SMARTS) is 1. The number of piperidine rings is 1. The zero-order chi connectivity index (χ0) is 30.0. The number of nitrogens with one attached hydrogen (secondary N) is 1. The molecule has 14 heteroatoms. The van der Waals surface area contributed by atoms with Crippen molar-refractivity contribution < 1.29 is 37.1 Å². The molecule has 228 valence electrons. The minimum Gasteiger partial charge on any atom is -0.481 e. The van der Waals surface area contributed by atoms with Crippen LogP contribution < -0.4 is 15.1 Å². The zero-order valence-electron chi connectivity index (χ0n) is 23.4. The quantitative estimate of drug-likeness (QED) is 0.509. The number of rotatable bonds is 6. The van der Waals surface area contributed by atoms with Gasteiger partial charge in [0.05, 0.1) is 17.8 Å². The van der Waals surface area contributed by atoms with Gasteiger partial charge in [-0.1, -0.05) is 6.92 Å². The van der Waals surface area contributed by atoms with E-state index in [1.807, 2.05) is 16.7 Å². The Kier molecular flexibility index (Phi) is 8.60. The number of amides is 2. The Bertz CT molecular complexity index is 1280. The van der Waals surface area contributed by atoms with Crippen LogP contribution in [0.3, 0.4) is 0 Å². The molecule has 2 saturated heterocycles. The summed E-state index contributed by atoms with van der Waals surface area (Å²) in [7, 11) is 0. The lowest BCUT2D eigenvalue weighted by Crippen LogP contribution is -2.50. The first-order chi connectivity index (χ1) is 20.0. The molecule has 0 aromatic carbocycles. The second-order valence-corrected chi connectivity index (χ2v) is 11.4. The van der Waals surface area contributed by atoms with Crippen molar-refractivity contribution in [2.45, 2.75) is 51.6 Å². The molecule has 0 spiro atoms. The molecule has 11 nitrogen and oxygen atoms in total. The number of carbonyl (C=O) groups is 3. The molecule has 42 heavy (non-hydrogen) atoms. The van der Waals surface area contributed by atoms with Gasteiger partial charge in [0.25, 0.3) is 11.9 Å². The minimum atomic E-state index is -4.87. The van der Waals surface area contributed by atoms with E-state index in [0.29, 0.717) is 65.0 Å². The van der Waals surface area contributed by atoms with Gasteiger partial charge in [0.1, 0.15) is 5.82 Å². The van der Waals surface area contributed by atoms with Crippen molar-refractivity contribution >= 4 is 35.3 Å². The average molecular weight is 593 g/mol. The maximum Gasteiger partial charge on any atom is 0.437 e. The van der Waals surface area contributed by atoms with E-state index in [0.717, 1.165) is 18.5 Å². The van der Waals surface area contributed by atoms with Crippen LogP contribution in [0.4, 0.5) is 30.7 Å². The van der Waals surface area contributed by atoms with Crippen molar-refractivity contribution in [2.75, 3.05) is 54.4 Å². The number of nitrogens with zero attached hydrogens (tertiary/aromatic N) is 5. The summed E-state index contributed by atoms with van der Waals surface area (Å²) in [6.07, 6.45) is 0.627. The van der Waals surface area contributed by atoms with Crippen LogP contribution in [0.2, 0.25) is 0 Å². The first kappa shape index (κ1) is 29.6. The van der Waals surface area contributed by atoms with Gasteiger partial charge in [-0.05, 0) is 56.6 Å². The fourth-order valence-electron chi connectivity index (χ4n) is 6.00. The predicted molar refractivity (Wildman–Crippen MR) is 146 cm³/mol. The van der Waals surface area contributed by atoms with Gasteiger partial charge in [-0.15, -0.1) is 0 Å². The molecule has 1 aliphatic carbocycles. The van der Waals surface area contributed by atoms with E-state index in [9.17, 15) is 32.7 Å². The lowest BCUT2D eigenvalue weighted by molar-refractivity contribution is -0.145. The summed E-state index contributed by atoms with van der Waals surface area (Å²) in [5.41, 5.74) is -0.619. The van der Waals surface area contributed by atoms with Crippen LogP contribution in [-0.4, -0.2) is 77.0 Å². The van der Waals surface area contributed by atoms with Crippen molar-refractivity contribution in [3.63, 3.8) is 0 Å². The Balaban J connectivity index is 1.17. The number of piperazine rings is 1. The van der Waals surface area contributed by atoms with Crippen LogP contribution in [-0.2, 0) is 15.8 Å². The third-order valence-electron chi connectivity index (χ3n) is 8.39. The van der Waals surface area contributed by atoms with E-state index in [1.54, 1.807) is 11.0 Å². The topological polar surface area (TPSA) is 132 Å². The average Bonchev–Trinajstić information content (AvgIpc) is 3.44. The predicted octanol–water partition coefficient (Wildman–Crippen LogP) is 4.12. The molecule has 0 radical (unpaired) electrons. The van der Waals surface area contributed by atoms with E-state index < -0.39 is 29.5 Å². The standard InChI is InChI=1S/C28H35F3N6O5/c1-17-3-2-10-37(16-17)27-34-23(28(29,30)31)22(42-27)24(38)33-21-9-8-20(15-32-21)35-11-13-36(14-12-35)25(39)18-4-6-19(7-5-18)26(40)41/h8-9,15,17-19H,2-7,10-14,16H2,1H3,(H,40,41)(H,32,33,38)/t17?,18-,19+. The number of alkyl halides is 3. The summed E-state index contributed by atoms with van der Waals surface area (Å²) in [5, 5.41) is 11.6. The van der Waals surface area contributed by atoms with Gasteiger partial charge in [0.15, 0.2) is 5.69 Å². The second-order valence-electron chi connectivity index (χ2n) is 11.4. The summed E-state index contributed by atoms with van der Waals surface area (Å²) in [6, 6.07) is 2.99. The van der Waals surface area contributed by atoms with Gasteiger partial charge >= 0.3 is 12.1 Å². The molecule has 2 aromatic rings. The van der Waals surface area contributed by atoms with Gasteiger partial charge in [-0.3, -0.25) is 14.4 Å². The molecule has 4 heterocycles. The van der Waals surface area contributed by atoms with Crippen molar-refractivity contribution in [2.24, 2.45) is 17.8 Å². The molecule has 0 bridgehead atoms. The number of hydrogen-bond donors (Lipinski definition) is 2. The molecule has 2 amide bonds. The molecular formula is C28H35F3N6O5. The van der Waals surface area contributed by atoms with Crippen molar-refractivity contribution in [3.8, 4) is 0 Å². The number of anilines is 3. The molecule has 2 aromatic heterocycles. The van der Waals surface area contributed by atoms with Gasteiger partial charge in [0, 0.05) is 45.2 Å². The molecule has 5 rings (SSSR count). The van der Waals surface area contributed by atoms with Crippen LogP contribution in [0.5, 0.6) is 0 Å². The van der Waals surface area contributed by atoms with Crippen LogP contribution in [0.15, 0.2) is 22.7 Å². The fourth-order valence-corrected chi connectivity index (χ4v) is 6.00. The number of aliphatic carboxylic acids is 1. The Morgan fingerprint density at radius 1 is 0.976 bits per heavy atom. The van der Waals surface area contributed by atoms with Crippen molar-refractivity contribution in [3.05, 3.63) is 29.8 Å². The number of halogens is 3. The number of carbonyl (C=O) groups excluding carboxylic acids is 2. The van der Waals surface area contributed by atoms with Crippen LogP contribution in [0.25, 0.3) is 0 Å². The Hall–Kier alpha value is -3.84. The normalized spacial score (nSPS) is 23.5. The molecular weight excluding hydrogens is 557 g/mol. The summed E-state index contributed by atoms with van der Waals surface area (Å²) >= 11 is 0. The molecule has 1 atom stereocenters. The van der Waals surface area contributed by atoms with Gasteiger partial charge < -0.3 is 29.5 Å². The van der Waals surface area contributed by atoms with Crippen molar-refractivity contribution in [1.82, 2.24) is 14.9 Å². The van der Waals surface area contributed by atoms with Crippen LogP contribution in [0, 0.1) is 17.8 Å².